The minimum Gasteiger partial charge on any atom is -0.462 e. The Balaban J connectivity index is 2.53. The van der Waals surface area contributed by atoms with Crippen LogP contribution in [0.15, 0.2) is 0 Å². The number of carbonyl (C=O) groups excluding carboxylic acids is 2. The summed E-state index contributed by atoms with van der Waals surface area (Å²) in [5.41, 5.74) is 0. The van der Waals surface area contributed by atoms with Gasteiger partial charge < -0.3 is 19.1 Å². The van der Waals surface area contributed by atoms with Gasteiger partial charge in [0.1, 0.15) is 12.2 Å². The zero-order valence-electron chi connectivity index (χ0n) is 50.7. The Morgan fingerprint density at radius 2 is 0.681 bits per heavy atom. The van der Waals surface area contributed by atoms with E-state index in [9.17, 15) is 9.59 Å². The molecule has 1 saturated heterocycles. The first-order chi connectivity index (χ1) is 34.5. The molecule has 1 aliphatic heterocycles. The fourth-order valence-corrected chi connectivity index (χ4v) is 10.9. The summed E-state index contributed by atoms with van der Waals surface area (Å²) in [4.78, 5) is 31.7. The van der Waals surface area contributed by atoms with Gasteiger partial charge in [-0.1, -0.05) is 199 Å². The number of nitrogens with zero attached hydrogens (tertiary/aromatic N) is 2. The molecule has 0 spiro atoms. The predicted molar refractivity (Wildman–Crippen MR) is 312 cm³/mol. The van der Waals surface area contributed by atoms with E-state index in [0.29, 0.717) is 36.5 Å². The number of morpholine rings is 1. The van der Waals surface area contributed by atoms with Crippen molar-refractivity contribution in [2.24, 2.45) is 47.3 Å². The van der Waals surface area contributed by atoms with Gasteiger partial charge in [0.25, 0.3) is 0 Å². The van der Waals surface area contributed by atoms with Crippen LogP contribution in [0.3, 0.4) is 0 Å². The average molecular weight is 1020 g/mol. The van der Waals surface area contributed by atoms with Gasteiger partial charge in [-0.15, -0.1) is 0 Å². The second-order valence-corrected chi connectivity index (χ2v) is 25.9. The van der Waals surface area contributed by atoms with E-state index in [0.717, 1.165) is 140 Å². The van der Waals surface area contributed by atoms with Crippen molar-refractivity contribution in [2.75, 3.05) is 52.5 Å². The zero-order valence-corrected chi connectivity index (χ0v) is 50.7. The first kappa shape index (κ1) is 68.8. The molecule has 0 aromatic heterocycles. The molecule has 1 fully saturated rings. The lowest BCUT2D eigenvalue weighted by molar-refractivity contribution is -0.151. The van der Waals surface area contributed by atoms with E-state index >= 15 is 0 Å². The van der Waals surface area contributed by atoms with Crippen molar-refractivity contribution in [1.29, 1.82) is 0 Å². The largest absolute Gasteiger partial charge is 0.462 e. The highest BCUT2D eigenvalue weighted by Gasteiger charge is 2.20. The number of hydrogen-bond donors (Lipinski definition) is 0. The van der Waals surface area contributed by atoms with Crippen LogP contribution < -0.4 is 0 Å². The Kier molecular flexibility index (Phi) is 43.9. The lowest BCUT2D eigenvalue weighted by Crippen LogP contribution is -2.38. The SMILES string of the molecule is CC(C)CCCC(C)CCC(CCC(C)CCCC(C)C)OC(=O)CCCCCCCN(CCCCCCCC(=O)OC(CCC(C)CCCC(C)C)CCC(C)CCCC(C)C)CCCN1CCOCC1. The van der Waals surface area contributed by atoms with Crippen molar-refractivity contribution < 1.29 is 23.8 Å². The third-order valence-corrected chi connectivity index (χ3v) is 16.2. The molecule has 1 aliphatic rings. The summed E-state index contributed by atoms with van der Waals surface area (Å²) in [6, 6.07) is 0. The zero-order chi connectivity index (χ0) is 53.2. The minimum atomic E-state index is 0.0338. The van der Waals surface area contributed by atoms with Gasteiger partial charge in [0.2, 0.25) is 0 Å². The van der Waals surface area contributed by atoms with Gasteiger partial charge in [-0.25, -0.2) is 0 Å². The molecular formula is C65H128N2O5. The number of esters is 2. The number of ether oxygens (including phenoxy) is 3. The normalized spacial score (nSPS) is 16.2. The monoisotopic (exact) mass is 1020 g/mol. The van der Waals surface area contributed by atoms with Gasteiger partial charge in [-0.2, -0.15) is 0 Å². The van der Waals surface area contributed by atoms with Crippen molar-refractivity contribution in [3.05, 3.63) is 0 Å². The summed E-state index contributed by atoms with van der Waals surface area (Å²) in [6.07, 6.45) is 38.3. The number of hydrogen-bond acceptors (Lipinski definition) is 7. The maximum absolute atomic E-state index is 13.2. The minimum absolute atomic E-state index is 0.0338. The molecule has 0 N–H and O–H groups in total. The van der Waals surface area contributed by atoms with Gasteiger partial charge >= 0.3 is 11.9 Å². The first-order valence-electron chi connectivity index (χ1n) is 31.9. The molecule has 4 atom stereocenters. The van der Waals surface area contributed by atoms with Crippen molar-refractivity contribution >= 4 is 11.9 Å². The lowest BCUT2D eigenvalue weighted by atomic mass is 9.91. The first-order valence-corrected chi connectivity index (χ1v) is 31.9. The molecule has 72 heavy (non-hydrogen) atoms. The van der Waals surface area contributed by atoms with Crippen molar-refractivity contribution in [3.8, 4) is 0 Å². The molecule has 0 aromatic rings. The highest BCUT2D eigenvalue weighted by Crippen LogP contribution is 2.26. The predicted octanol–water partition coefficient (Wildman–Crippen LogP) is 18.5. The summed E-state index contributed by atoms with van der Waals surface area (Å²) < 4.78 is 18.1. The molecule has 1 rings (SSSR count). The van der Waals surface area contributed by atoms with E-state index in [2.05, 4.69) is 92.9 Å². The smallest absolute Gasteiger partial charge is 0.306 e. The summed E-state index contributed by atoms with van der Waals surface area (Å²) in [5.74, 6) is 5.95. The second kappa shape index (κ2) is 46.0. The lowest BCUT2D eigenvalue weighted by Gasteiger charge is -2.28. The molecule has 0 saturated carbocycles. The molecule has 1 heterocycles. The van der Waals surface area contributed by atoms with Crippen LogP contribution in [-0.2, 0) is 23.8 Å². The summed E-state index contributed by atoms with van der Waals surface area (Å²) in [6.45, 7) is 36.7. The van der Waals surface area contributed by atoms with E-state index in [1.165, 1.54) is 135 Å². The quantitative estimate of drug-likeness (QED) is 0.0444. The van der Waals surface area contributed by atoms with E-state index in [-0.39, 0.29) is 24.1 Å². The fraction of sp³-hybridized carbons (Fsp3) is 0.969. The Hall–Kier alpha value is -1.18. The molecule has 0 radical (unpaired) electrons. The van der Waals surface area contributed by atoms with Gasteiger partial charge in [0.05, 0.1) is 13.2 Å². The molecule has 0 aromatic carbocycles. The summed E-state index contributed by atoms with van der Waals surface area (Å²) >= 11 is 0. The summed E-state index contributed by atoms with van der Waals surface area (Å²) in [7, 11) is 0. The Labute approximate surface area is 450 Å². The van der Waals surface area contributed by atoms with Crippen LogP contribution >= 0.6 is 0 Å². The van der Waals surface area contributed by atoms with Crippen LogP contribution in [-0.4, -0.2) is 86.4 Å². The topological polar surface area (TPSA) is 68.3 Å². The Morgan fingerprint density at radius 3 is 1.01 bits per heavy atom. The van der Waals surface area contributed by atoms with Gasteiger partial charge in [0.15, 0.2) is 0 Å². The fourth-order valence-electron chi connectivity index (χ4n) is 10.9. The third-order valence-electron chi connectivity index (χ3n) is 16.2. The van der Waals surface area contributed by atoms with Crippen LogP contribution in [0.25, 0.3) is 0 Å². The molecule has 7 heteroatoms. The van der Waals surface area contributed by atoms with E-state index < -0.39 is 0 Å². The molecule has 428 valence electrons. The molecular weight excluding hydrogens is 889 g/mol. The highest BCUT2D eigenvalue weighted by molar-refractivity contribution is 5.69. The second-order valence-electron chi connectivity index (χ2n) is 25.9. The average Bonchev–Trinajstić information content (AvgIpc) is 3.32. The van der Waals surface area contributed by atoms with E-state index in [1.54, 1.807) is 0 Å². The van der Waals surface area contributed by atoms with E-state index in [1.807, 2.05) is 0 Å². The Bertz CT molecular complexity index is 1090. The van der Waals surface area contributed by atoms with Crippen molar-refractivity contribution in [1.82, 2.24) is 9.80 Å². The van der Waals surface area contributed by atoms with E-state index in [4.69, 9.17) is 14.2 Å². The summed E-state index contributed by atoms with van der Waals surface area (Å²) in [5, 5.41) is 0. The Morgan fingerprint density at radius 1 is 0.375 bits per heavy atom. The number of rotatable bonds is 50. The standard InChI is InChI=1S/C65H128N2O5/c1-54(2)28-23-32-58(9)38-42-62(43-39-59(10)33-24-29-55(3)4)71-64(68)36-19-15-13-17-21-46-66(48-27-49-67-50-52-70-53-51-67)47-22-18-14-16-20-37-65(69)72-63(44-40-60(11)34-25-30-56(5)6)45-41-61(12)35-26-31-57(7)8/h54-63H,13-53H2,1-12H3. The van der Waals surface area contributed by atoms with Crippen LogP contribution in [0, 0.1) is 47.3 Å². The van der Waals surface area contributed by atoms with Crippen LogP contribution in [0.2, 0.25) is 0 Å². The molecule has 0 bridgehead atoms. The van der Waals surface area contributed by atoms with Crippen LogP contribution in [0.5, 0.6) is 0 Å². The number of carbonyl (C=O) groups is 2. The van der Waals surface area contributed by atoms with Crippen molar-refractivity contribution in [3.63, 3.8) is 0 Å². The molecule has 4 unspecified atom stereocenters. The molecule has 0 aliphatic carbocycles. The van der Waals surface area contributed by atoms with Crippen LogP contribution in [0.1, 0.15) is 295 Å². The van der Waals surface area contributed by atoms with Crippen molar-refractivity contribution in [2.45, 2.75) is 307 Å². The van der Waals surface area contributed by atoms with Gasteiger partial charge in [0, 0.05) is 25.9 Å². The maximum Gasteiger partial charge on any atom is 0.306 e. The van der Waals surface area contributed by atoms with Gasteiger partial charge in [-0.05, 0) is 157 Å². The maximum atomic E-state index is 13.2. The highest BCUT2D eigenvalue weighted by atomic mass is 16.5. The number of unbranched alkanes of at least 4 members (excludes halogenated alkanes) is 8. The van der Waals surface area contributed by atoms with Gasteiger partial charge in [-0.3, -0.25) is 14.5 Å². The third kappa shape index (κ3) is 44.0. The molecule has 7 nitrogen and oxygen atoms in total. The molecule has 0 amide bonds. The van der Waals surface area contributed by atoms with Crippen LogP contribution in [0.4, 0.5) is 0 Å².